The Morgan fingerprint density at radius 1 is 1.10 bits per heavy atom. The van der Waals surface area contributed by atoms with Gasteiger partial charge in [0.25, 0.3) is 0 Å². The number of hydrogen-bond donors (Lipinski definition) is 1. The molecule has 1 rings (SSSR count). The molecule has 0 spiro atoms. The van der Waals surface area contributed by atoms with Crippen LogP contribution in [0.15, 0.2) is 17.3 Å². The minimum absolute atomic E-state index is 0.0208. The summed E-state index contributed by atoms with van der Waals surface area (Å²) in [5, 5.41) is 12.8. The van der Waals surface area contributed by atoms with Gasteiger partial charge in [-0.1, -0.05) is 50.6 Å². The van der Waals surface area contributed by atoms with Gasteiger partial charge in [0, 0.05) is 5.56 Å². The van der Waals surface area contributed by atoms with Crippen LogP contribution in [-0.4, -0.2) is 12.2 Å². The lowest BCUT2D eigenvalue weighted by molar-refractivity contribution is 0.370. The van der Waals surface area contributed by atoms with Gasteiger partial charge >= 0.3 is 0 Å². The molecule has 0 radical (unpaired) electrons. The molecule has 1 N–H and O–H groups in total. The van der Waals surface area contributed by atoms with Gasteiger partial charge < -0.3 is 9.84 Å². The molecule has 0 heterocycles. The fraction of sp³-hybridized carbons (Fsp3) is 0.647. The third-order valence-electron chi connectivity index (χ3n) is 3.74. The predicted octanol–water partition coefficient (Wildman–Crippen LogP) is 4.96. The van der Waals surface area contributed by atoms with Crippen LogP contribution in [0.25, 0.3) is 0 Å². The summed E-state index contributed by atoms with van der Waals surface area (Å²) in [5.41, 5.74) is 1.64. The van der Waals surface area contributed by atoms with Crippen molar-refractivity contribution < 1.29 is 9.84 Å². The van der Waals surface area contributed by atoms with Gasteiger partial charge in [0.2, 0.25) is 0 Å². The maximum absolute atomic E-state index is 10.4. The molecule has 1 aromatic rings. The molecule has 4 heteroatoms. The summed E-state index contributed by atoms with van der Waals surface area (Å²) in [5.74, 6) is 0.453. The first kappa shape index (κ1) is 17.5. The maximum atomic E-state index is 10.4. The monoisotopic (exact) mass is 293 g/mol. The van der Waals surface area contributed by atoms with Crippen LogP contribution >= 0.6 is 0 Å². The lowest BCUT2D eigenvalue weighted by Gasteiger charge is -2.10. The second-order valence-corrected chi connectivity index (χ2v) is 5.46. The van der Waals surface area contributed by atoms with Crippen molar-refractivity contribution in [1.29, 1.82) is 0 Å². The number of aryl methyl sites for hydroxylation is 1. The summed E-state index contributed by atoms with van der Waals surface area (Å²) in [6.07, 6.45) is 9.81. The highest BCUT2D eigenvalue weighted by atomic mass is 16.5. The van der Waals surface area contributed by atoms with E-state index >= 15 is 0 Å². The number of benzene rings is 1. The van der Waals surface area contributed by atoms with Crippen LogP contribution < -0.4 is 4.74 Å². The highest BCUT2D eigenvalue weighted by molar-refractivity contribution is 5.48. The Bertz CT molecular complexity index is 432. The number of nitrogens with zero attached hydrogens (tertiary/aromatic N) is 1. The number of aromatic hydroxyl groups is 1. The van der Waals surface area contributed by atoms with Gasteiger partial charge in [0.1, 0.15) is 6.54 Å². The van der Waals surface area contributed by atoms with Gasteiger partial charge in [0.05, 0.1) is 7.11 Å². The highest BCUT2D eigenvalue weighted by Gasteiger charge is 2.10. The maximum Gasteiger partial charge on any atom is 0.162 e. The second-order valence-electron chi connectivity index (χ2n) is 5.46. The molecule has 0 aliphatic rings. The van der Waals surface area contributed by atoms with E-state index in [4.69, 9.17) is 4.74 Å². The van der Waals surface area contributed by atoms with E-state index in [1.165, 1.54) is 45.6 Å². The molecular formula is C17H27NO3. The lowest BCUT2D eigenvalue weighted by atomic mass is 10.0. The van der Waals surface area contributed by atoms with Crippen molar-refractivity contribution in [2.45, 2.75) is 64.8 Å². The quantitative estimate of drug-likeness (QED) is 0.463. The Kier molecular flexibility index (Phi) is 8.48. The second kappa shape index (κ2) is 10.2. The zero-order valence-corrected chi connectivity index (χ0v) is 13.2. The van der Waals surface area contributed by atoms with E-state index in [0.29, 0.717) is 11.3 Å². The first-order valence-electron chi connectivity index (χ1n) is 7.90. The zero-order chi connectivity index (χ0) is 15.5. The first-order chi connectivity index (χ1) is 10.2. The van der Waals surface area contributed by atoms with Crippen LogP contribution in [0, 0.1) is 4.91 Å². The molecule has 0 saturated heterocycles. The number of unbranched alkanes of at least 4 members (excludes halogenated alkanes) is 6. The lowest BCUT2D eigenvalue weighted by Crippen LogP contribution is -1.94. The van der Waals surface area contributed by atoms with Crippen LogP contribution in [0.2, 0.25) is 0 Å². The molecule has 118 valence electrons. The van der Waals surface area contributed by atoms with Crippen molar-refractivity contribution in [2.24, 2.45) is 5.18 Å². The summed E-state index contributed by atoms with van der Waals surface area (Å²) in [6.45, 7) is 2.21. The number of methoxy groups -OCH3 is 1. The molecule has 0 aliphatic heterocycles. The largest absolute Gasteiger partial charge is 0.504 e. The Balaban J connectivity index is 2.47. The highest BCUT2D eigenvalue weighted by Crippen LogP contribution is 2.32. The van der Waals surface area contributed by atoms with E-state index in [9.17, 15) is 10.0 Å². The Morgan fingerprint density at radius 3 is 2.38 bits per heavy atom. The molecule has 21 heavy (non-hydrogen) atoms. The van der Waals surface area contributed by atoms with Gasteiger partial charge in [-0.05, 0) is 30.5 Å². The van der Waals surface area contributed by atoms with Crippen LogP contribution in [0.1, 0.15) is 63.0 Å². The summed E-state index contributed by atoms with van der Waals surface area (Å²) in [6, 6.07) is 3.71. The molecule has 0 atom stereocenters. The fourth-order valence-electron chi connectivity index (χ4n) is 2.51. The van der Waals surface area contributed by atoms with E-state index in [2.05, 4.69) is 12.1 Å². The summed E-state index contributed by atoms with van der Waals surface area (Å²) in [4.78, 5) is 10.4. The summed E-state index contributed by atoms with van der Waals surface area (Å²) in [7, 11) is 1.52. The summed E-state index contributed by atoms with van der Waals surface area (Å²) >= 11 is 0. The average molecular weight is 293 g/mol. The van der Waals surface area contributed by atoms with Crippen molar-refractivity contribution in [3.63, 3.8) is 0 Å². The third-order valence-corrected chi connectivity index (χ3v) is 3.74. The van der Waals surface area contributed by atoms with Crippen LogP contribution in [0.3, 0.4) is 0 Å². The van der Waals surface area contributed by atoms with Gasteiger partial charge in [-0.25, -0.2) is 0 Å². The molecule has 0 bridgehead atoms. The molecule has 0 fully saturated rings. The standard InChI is InChI=1S/C17H27NO3/c1-3-4-5-6-7-8-9-10-14-11-15(13-18-20)17(19)16(12-14)21-2/h11-12,19H,3-10,13H2,1-2H3. The van der Waals surface area contributed by atoms with E-state index in [1.807, 2.05) is 12.1 Å². The van der Waals surface area contributed by atoms with Crippen molar-refractivity contribution in [3.05, 3.63) is 28.2 Å². The van der Waals surface area contributed by atoms with Crippen molar-refractivity contribution >= 4 is 0 Å². The van der Waals surface area contributed by atoms with E-state index < -0.39 is 0 Å². The third kappa shape index (κ3) is 6.15. The SMILES string of the molecule is CCCCCCCCCc1cc(CN=O)c(O)c(OC)c1. The molecule has 0 unspecified atom stereocenters. The van der Waals surface area contributed by atoms with E-state index in [0.717, 1.165) is 18.4 Å². The molecular weight excluding hydrogens is 266 g/mol. The van der Waals surface area contributed by atoms with E-state index in [1.54, 1.807) is 0 Å². The summed E-state index contributed by atoms with van der Waals surface area (Å²) < 4.78 is 5.15. The Labute approximate surface area is 127 Å². The van der Waals surface area contributed by atoms with Gasteiger partial charge in [-0.15, -0.1) is 0 Å². The number of phenols is 1. The fourth-order valence-corrected chi connectivity index (χ4v) is 2.51. The van der Waals surface area contributed by atoms with E-state index in [-0.39, 0.29) is 12.3 Å². The van der Waals surface area contributed by atoms with Gasteiger partial charge in [0.15, 0.2) is 11.5 Å². The molecule has 4 nitrogen and oxygen atoms in total. The van der Waals surface area contributed by atoms with Crippen LogP contribution in [-0.2, 0) is 13.0 Å². The predicted molar refractivity (Wildman–Crippen MR) is 85.9 cm³/mol. The van der Waals surface area contributed by atoms with Crippen molar-refractivity contribution in [2.75, 3.05) is 7.11 Å². The number of hydrogen-bond acceptors (Lipinski definition) is 4. The first-order valence-corrected chi connectivity index (χ1v) is 7.90. The van der Waals surface area contributed by atoms with Crippen molar-refractivity contribution in [1.82, 2.24) is 0 Å². The number of ether oxygens (including phenoxy) is 1. The number of nitroso groups, excluding NO2 is 1. The molecule has 1 aromatic carbocycles. The smallest absolute Gasteiger partial charge is 0.162 e. The topological polar surface area (TPSA) is 58.9 Å². The van der Waals surface area contributed by atoms with Gasteiger partial charge in [-0.3, -0.25) is 0 Å². The Hall–Kier alpha value is -1.58. The Morgan fingerprint density at radius 2 is 1.76 bits per heavy atom. The minimum atomic E-state index is -0.0208. The van der Waals surface area contributed by atoms with Gasteiger partial charge in [-0.2, -0.15) is 4.91 Å². The molecule has 0 amide bonds. The molecule has 0 aromatic heterocycles. The number of phenolic OH excluding ortho intramolecular Hbond substituents is 1. The van der Waals surface area contributed by atoms with Crippen LogP contribution in [0.4, 0.5) is 0 Å². The number of rotatable bonds is 11. The minimum Gasteiger partial charge on any atom is -0.504 e. The molecule has 0 aliphatic carbocycles. The zero-order valence-electron chi connectivity index (χ0n) is 13.2. The average Bonchev–Trinajstić information content (AvgIpc) is 2.49. The van der Waals surface area contributed by atoms with Crippen LogP contribution in [0.5, 0.6) is 11.5 Å². The van der Waals surface area contributed by atoms with Crippen molar-refractivity contribution in [3.8, 4) is 11.5 Å². The molecule has 0 saturated carbocycles. The normalized spacial score (nSPS) is 10.6.